The molecule has 0 aliphatic heterocycles. The average Bonchev–Trinajstić information content (AvgIpc) is 2.88. The van der Waals surface area contributed by atoms with Crippen molar-refractivity contribution in [1.29, 1.82) is 0 Å². The van der Waals surface area contributed by atoms with Crippen molar-refractivity contribution in [3.05, 3.63) is 58.1 Å². The average molecular weight is 339 g/mol. The molecule has 0 aliphatic rings. The first kappa shape index (κ1) is 14.8. The number of amides is 1. The molecule has 106 valence electrons. The second-order valence-corrected chi connectivity index (χ2v) is 5.42. The van der Waals surface area contributed by atoms with Gasteiger partial charge in [-0.2, -0.15) is 0 Å². The number of nitrogens with zero attached hydrogens (tertiary/aromatic N) is 1. The number of rotatable bonds is 5. The summed E-state index contributed by atoms with van der Waals surface area (Å²) < 4.78 is 16.3. The van der Waals surface area contributed by atoms with Gasteiger partial charge in [-0.05, 0) is 36.8 Å². The van der Waals surface area contributed by atoms with Gasteiger partial charge < -0.3 is 9.88 Å². The van der Waals surface area contributed by atoms with E-state index in [0.717, 1.165) is 17.4 Å². The Morgan fingerprint density at radius 1 is 1.40 bits per heavy atom. The molecule has 0 unspecified atom stereocenters. The fourth-order valence-corrected chi connectivity index (χ4v) is 2.41. The topological polar surface area (TPSA) is 34.0 Å². The summed E-state index contributed by atoms with van der Waals surface area (Å²) in [5.74, 6) is -0.514. The summed E-state index contributed by atoms with van der Waals surface area (Å²) in [5.41, 5.74) is 1.06. The Bertz CT molecular complexity index is 610. The molecule has 0 spiro atoms. The quantitative estimate of drug-likeness (QED) is 0.885. The zero-order valence-electron chi connectivity index (χ0n) is 11.2. The van der Waals surface area contributed by atoms with Crippen molar-refractivity contribution in [3.8, 4) is 0 Å². The van der Waals surface area contributed by atoms with E-state index in [1.54, 1.807) is 18.2 Å². The molecule has 0 bridgehead atoms. The molecule has 0 saturated heterocycles. The maximum Gasteiger partial charge on any atom is 0.268 e. The molecule has 1 amide bonds. The molecule has 0 radical (unpaired) electrons. The third kappa shape index (κ3) is 3.48. The number of halogens is 2. The summed E-state index contributed by atoms with van der Waals surface area (Å²) in [5, 5.41) is 2.75. The molecule has 0 fully saturated rings. The highest BCUT2D eigenvalue weighted by Crippen LogP contribution is 2.15. The maximum absolute atomic E-state index is 13.6. The van der Waals surface area contributed by atoms with Crippen molar-refractivity contribution in [1.82, 2.24) is 9.88 Å². The zero-order valence-corrected chi connectivity index (χ0v) is 12.8. The number of carbonyl (C=O) groups excluding carboxylic acids is 1. The molecular weight excluding hydrogens is 323 g/mol. The Hall–Kier alpha value is -1.62. The van der Waals surface area contributed by atoms with Crippen molar-refractivity contribution < 1.29 is 9.18 Å². The first-order valence-electron chi connectivity index (χ1n) is 6.49. The van der Waals surface area contributed by atoms with Crippen molar-refractivity contribution in [3.63, 3.8) is 0 Å². The van der Waals surface area contributed by atoms with Gasteiger partial charge in [-0.15, -0.1) is 0 Å². The van der Waals surface area contributed by atoms with Crippen LogP contribution in [-0.4, -0.2) is 10.5 Å². The van der Waals surface area contributed by atoms with Gasteiger partial charge in [0.2, 0.25) is 0 Å². The van der Waals surface area contributed by atoms with Crippen LogP contribution in [0.15, 0.2) is 41.0 Å². The van der Waals surface area contributed by atoms with Gasteiger partial charge in [0.25, 0.3) is 5.91 Å². The lowest BCUT2D eigenvalue weighted by atomic mass is 10.2. The second-order valence-electron chi connectivity index (χ2n) is 4.51. The number of nitrogens with one attached hydrogen (secondary N) is 1. The normalized spacial score (nSPS) is 10.6. The van der Waals surface area contributed by atoms with Crippen LogP contribution in [0, 0.1) is 5.82 Å². The molecule has 1 aromatic heterocycles. The first-order chi connectivity index (χ1) is 9.61. The number of aryl methyl sites for hydroxylation is 1. The van der Waals surface area contributed by atoms with E-state index in [2.05, 4.69) is 28.2 Å². The zero-order chi connectivity index (χ0) is 14.5. The lowest BCUT2D eigenvalue weighted by Gasteiger charge is -2.09. The van der Waals surface area contributed by atoms with E-state index in [1.165, 1.54) is 6.07 Å². The first-order valence-corrected chi connectivity index (χ1v) is 7.28. The van der Waals surface area contributed by atoms with Crippen LogP contribution in [0.3, 0.4) is 0 Å². The SMILES string of the molecule is CCCn1cccc1C(=O)NCc1cc(Br)ccc1F. The highest BCUT2D eigenvalue weighted by molar-refractivity contribution is 9.10. The number of aromatic nitrogens is 1. The van der Waals surface area contributed by atoms with Crippen LogP contribution in [0.1, 0.15) is 29.4 Å². The van der Waals surface area contributed by atoms with Crippen LogP contribution < -0.4 is 5.32 Å². The van der Waals surface area contributed by atoms with Gasteiger partial charge in [-0.1, -0.05) is 22.9 Å². The summed E-state index contributed by atoms with van der Waals surface area (Å²) in [7, 11) is 0. The highest BCUT2D eigenvalue weighted by atomic mass is 79.9. The lowest BCUT2D eigenvalue weighted by Crippen LogP contribution is -2.25. The summed E-state index contributed by atoms with van der Waals surface area (Å²) in [6.07, 6.45) is 2.83. The Morgan fingerprint density at radius 3 is 2.95 bits per heavy atom. The summed E-state index contributed by atoms with van der Waals surface area (Å²) in [4.78, 5) is 12.1. The maximum atomic E-state index is 13.6. The standard InChI is InChI=1S/C15H16BrFN2O/c1-2-7-19-8-3-4-14(19)15(20)18-10-11-9-12(16)5-6-13(11)17/h3-6,8-9H,2,7,10H2,1H3,(H,18,20). The van der Waals surface area contributed by atoms with Gasteiger partial charge in [0.15, 0.2) is 0 Å². The van der Waals surface area contributed by atoms with Crippen molar-refractivity contribution in [2.75, 3.05) is 0 Å². The minimum Gasteiger partial charge on any atom is -0.347 e. The summed E-state index contributed by atoms with van der Waals surface area (Å²) >= 11 is 3.29. The van der Waals surface area contributed by atoms with E-state index in [0.29, 0.717) is 11.3 Å². The van der Waals surface area contributed by atoms with Gasteiger partial charge in [-0.3, -0.25) is 4.79 Å². The monoisotopic (exact) mass is 338 g/mol. The van der Waals surface area contributed by atoms with Crippen LogP contribution in [0.5, 0.6) is 0 Å². The van der Waals surface area contributed by atoms with Crippen LogP contribution in [0.4, 0.5) is 4.39 Å². The smallest absolute Gasteiger partial charge is 0.268 e. The van der Waals surface area contributed by atoms with Gasteiger partial charge in [-0.25, -0.2) is 4.39 Å². The van der Waals surface area contributed by atoms with Crippen LogP contribution in [-0.2, 0) is 13.1 Å². The minimum atomic E-state index is -0.322. The van der Waals surface area contributed by atoms with Crippen LogP contribution in [0.25, 0.3) is 0 Å². The van der Waals surface area contributed by atoms with Gasteiger partial charge in [0.05, 0.1) is 0 Å². The lowest BCUT2D eigenvalue weighted by molar-refractivity contribution is 0.0941. The Labute approximate surface area is 125 Å². The molecule has 2 aromatic rings. The Morgan fingerprint density at radius 2 is 2.20 bits per heavy atom. The number of benzene rings is 1. The predicted octanol–water partition coefficient (Wildman–Crippen LogP) is 3.73. The highest BCUT2D eigenvalue weighted by Gasteiger charge is 2.11. The van der Waals surface area contributed by atoms with Gasteiger partial charge in [0, 0.05) is 29.3 Å². The number of hydrogen-bond acceptors (Lipinski definition) is 1. The molecule has 2 rings (SSSR count). The van der Waals surface area contributed by atoms with E-state index in [4.69, 9.17) is 0 Å². The van der Waals surface area contributed by atoms with Crippen molar-refractivity contribution >= 4 is 21.8 Å². The number of carbonyl (C=O) groups is 1. The molecule has 1 N–H and O–H groups in total. The molecule has 0 atom stereocenters. The third-order valence-electron chi connectivity index (χ3n) is 2.97. The molecule has 3 nitrogen and oxygen atoms in total. The largest absolute Gasteiger partial charge is 0.347 e. The molecule has 5 heteroatoms. The molecule has 1 aromatic carbocycles. The van der Waals surface area contributed by atoms with Crippen LogP contribution >= 0.6 is 15.9 Å². The fraction of sp³-hybridized carbons (Fsp3) is 0.267. The summed E-state index contributed by atoms with van der Waals surface area (Å²) in [6, 6.07) is 8.28. The van der Waals surface area contributed by atoms with Crippen molar-refractivity contribution in [2.45, 2.75) is 26.4 Å². The van der Waals surface area contributed by atoms with E-state index >= 15 is 0 Å². The second kappa shape index (κ2) is 6.70. The third-order valence-corrected chi connectivity index (χ3v) is 3.47. The van der Waals surface area contributed by atoms with Gasteiger partial charge >= 0.3 is 0 Å². The molecule has 1 heterocycles. The summed E-state index contributed by atoms with van der Waals surface area (Å²) in [6.45, 7) is 3.01. The minimum absolute atomic E-state index is 0.168. The molecular formula is C15H16BrFN2O. The fourth-order valence-electron chi connectivity index (χ4n) is 2.00. The van der Waals surface area contributed by atoms with E-state index in [9.17, 15) is 9.18 Å². The molecule has 0 saturated carbocycles. The van der Waals surface area contributed by atoms with Gasteiger partial charge in [0.1, 0.15) is 11.5 Å². The van der Waals surface area contributed by atoms with Crippen LogP contribution in [0.2, 0.25) is 0 Å². The predicted molar refractivity (Wildman–Crippen MR) is 80.0 cm³/mol. The Kier molecular flexibility index (Phi) is 4.95. The van der Waals surface area contributed by atoms with E-state index < -0.39 is 0 Å². The molecule has 20 heavy (non-hydrogen) atoms. The van der Waals surface area contributed by atoms with Crippen molar-refractivity contribution in [2.24, 2.45) is 0 Å². The number of hydrogen-bond donors (Lipinski definition) is 1. The molecule has 0 aliphatic carbocycles. The van der Waals surface area contributed by atoms with E-state index in [-0.39, 0.29) is 18.3 Å². The Balaban J connectivity index is 2.05. The van der Waals surface area contributed by atoms with E-state index in [1.807, 2.05) is 16.8 Å².